The molecule has 12 heteroatoms. The molecule has 1 unspecified atom stereocenters. The van der Waals surface area contributed by atoms with Crippen molar-refractivity contribution in [2.45, 2.75) is 26.4 Å². The molecule has 2 aliphatic rings. The number of H-pyrrole nitrogens is 1. The summed E-state index contributed by atoms with van der Waals surface area (Å²) in [5.74, 6) is -1.80. The van der Waals surface area contributed by atoms with Crippen molar-refractivity contribution in [2.24, 2.45) is 10.9 Å². The zero-order valence-electron chi connectivity index (χ0n) is 23.0. The monoisotopic (exact) mass is 584 g/mol. The van der Waals surface area contributed by atoms with Crippen LogP contribution in [0.3, 0.4) is 0 Å². The van der Waals surface area contributed by atoms with Gasteiger partial charge in [-0.2, -0.15) is 18.4 Å². The van der Waals surface area contributed by atoms with E-state index in [9.17, 15) is 22.8 Å². The third-order valence-corrected chi connectivity index (χ3v) is 7.23. The zero-order valence-corrected chi connectivity index (χ0v) is 23.0. The van der Waals surface area contributed by atoms with Crippen LogP contribution in [-0.2, 0) is 0 Å². The van der Waals surface area contributed by atoms with E-state index >= 15 is 4.39 Å². The van der Waals surface area contributed by atoms with Crippen molar-refractivity contribution in [2.75, 3.05) is 42.9 Å². The van der Waals surface area contributed by atoms with Gasteiger partial charge in [-0.25, -0.2) is 13.8 Å². The van der Waals surface area contributed by atoms with E-state index in [1.54, 1.807) is 31.3 Å². The van der Waals surface area contributed by atoms with E-state index in [1.165, 1.54) is 11.0 Å². The van der Waals surface area contributed by atoms with E-state index < -0.39 is 24.4 Å². The number of halogens is 5. The molecule has 0 aliphatic carbocycles. The third-order valence-electron chi connectivity index (χ3n) is 7.23. The molecular formula is C30H29F5N6O. The molecule has 1 saturated heterocycles. The first-order valence-electron chi connectivity index (χ1n) is 13.5. The number of alkyl halides is 3. The zero-order chi connectivity index (χ0) is 30.0. The summed E-state index contributed by atoms with van der Waals surface area (Å²) >= 11 is 0. The van der Waals surface area contributed by atoms with Gasteiger partial charge in [-0.05, 0) is 43.7 Å². The molecule has 3 aromatic rings. The van der Waals surface area contributed by atoms with E-state index in [-0.39, 0.29) is 39.7 Å². The minimum Gasteiger partial charge on any atom is -0.457 e. The lowest BCUT2D eigenvalue weighted by Gasteiger charge is -2.36. The highest BCUT2D eigenvalue weighted by Gasteiger charge is 2.32. The van der Waals surface area contributed by atoms with Crippen molar-refractivity contribution in [1.82, 2.24) is 9.88 Å². The number of piperazine rings is 1. The minimum absolute atomic E-state index is 0.0380. The van der Waals surface area contributed by atoms with Crippen LogP contribution >= 0.6 is 0 Å². The van der Waals surface area contributed by atoms with Crippen LogP contribution in [0.2, 0.25) is 0 Å². The van der Waals surface area contributed by atoms with Crippen LogP contribution in [0.1, 0.15) is 19.0 Å². The lowest BCUT2D eigenvalue weighted by atomic mass is 9.99. The van der Waals surface area contributed by atoms with Crippen molar-refractivity contribution >= 4 is 28.1 Å². The summed E-state index contributed by atoms with van der Waals surface area (Å²) in [4.78, 5) is 10.6. The summed E-state index contributed by atoms with van der Waals surface area (Å²) in [6.45, 7) is 4.13. The number of allylic oxidation sites excluding steroid dienone is 2. The molecule has 5 rings (SSSR count). The predicted octanol–water partition coefficient (Wildman–Crippen LogP) is 6.66. The summed E-state index contributed by atoms with van der Waals surface area (Å²) in [5, 5.41) is 13.3. The molecule has 1 aromatic heterocycles. The number of nitrogens with one attached hydrogen (secondary N) is 2. The van der Waals surface area contributed by atoms with Crippen LogP contribution in [0.4, 0.5) is 33.3 Å². The second-order valence-corrected chi connectivity index (χ2v) is 10.4. The van der Waals surface area contributed by atoms with Gasteiger partial charge in [0.1, 0.15) is 17.4 Å². The molecule has 7 nitrogen and oxygen atoms in total. The first kappa shape index (κ1) is 29.1. The quantitative estimate of drug-likeness (QED) is 0.328. The van der Waals surface area contributed by atoms with E-state index in [0.717, 1.165) is 11.8 Å². The number of amidine groups is 1. The van der Waals surface area contributed by atoms with Gasteiger partial charge in [0.2, 0.25) is 0 Å². The SMILES string of the molecule is Cc1cc2c(F)c(O/C3=C(C#N)/C(Nc4ccc(N5CCN(CC(F)(F)F)CC5)cc4)=N\C=C\CC3C)cc(F)c2[nH]1. The largest absolute Gasteiger partial charge is 0.457 e. The summed E-state index contributed by atoms with van der Waals surface area (Å²) in [5.41, 5.74) is 2.13. The Kier molecular flexibility index (Phi) is 8.22. The second-order valence-electron chi connectivity index (χ2n) is 10.4. The fourth-order valence-electron chi connectivity index (χ4n) is 5.12. The molecule has 1 fully saturated rings. The molecule has 0 amide bonds. The number of hydrogen-bond acceptors (Lipinski definition) is 6. The summed E-state index contributed by atoms with van der Waals surface area (Å²) in [6, 6.07) is 11.8. The van der Waals surface area contributed by atoms with Gasteiger partial charge in [0, 0.05) is 66.8 Å². The van der Waals surface area contributed by atoms with E-state index in [4.69, 9.17) is 4.74 Å². The van der Waals surface area contributed by atoms with Gasteiger partial charge in [0.25, 0.3) is 0 Å². The van der Waals surface area contributed by atoms with Gasteiger partial charge in [0.15, 0.2) is 23.2 Å². The fourth-order valence-corrected chi connectivity index (χ4v) is 5.12. The van der Waals surface area contributed by atoms with Gasteiger partial charge < -0.3 is 19.9 Å². The highest BCUT2D eigenvalue weighted by Crippen LogP contribution is 2.34. The number of rotatable bonds is 5. The summed E-state index contributed by atoms with van der Waals surface area (Å²) in [7, 11) is 0. The van der Waals surface area contributed by atoms with Crippen LogP contribution in [0.25, 0.3) is 10.9 Å². The molecular weight excluding hydrogens is 555 g/mol. The number of fused-ring (bicyclic) bond motifs is 1. The number of nitriles is 1. The van der Waals surface area contributed by atoms with Crippen LogP contribution in [-0.4, -0.2) is 54.6 Å². The number of aromatic amines is 1. The van der Waals surface area contributed by atoms with Crippen LogP contribution in [0, 0.1) is 35.8 Å². The Morgan fingerprint density at radius 2 is 1.83 bits per heavy atom. The lowest BCUT2D eigenvalue weighted by molar-refractivity contribution is -0.146. The highest BCUT2D eigenvalue weighted by molar-refractivity contribution is 6.11. The van der Waals surface area contributed by atoms with Gasteiger partial charge in [0.05, 0.1) is 12.1 Å². The Bertz CT molecular complexity index is 1590. The van der Waals surface area contributed by atoms with Gasteiger partial charge >= 0.3 is 6.18 Å². The van der Waals surface area contributed by atoms with Crippen molar-refractivity contribution in [3.63, 3.8) is 0 Å². The predicted molar refractivity (Wildman–Crippen MR) is 151 cm³/mol. The molecule has 0 spiro atoms. The number of aryl methyl sites for hydroxylation is 1. The molecule has 2 aromatic carbocycles. The third kappa shape index (κ3) is 6.41. The molecule has 0 saturated carbocycles. The van der Waals surface area contributed by atoms with Crippen LogP contribution < -0.4 is 15.0 Å². The molecule has 0 bridgehead atoms. The normalized spacial score (nSPS) is 22.2. The number of aliphatic imine (C=N–C) groups is 1. The molecule has 1 atom stereocenters. The standard InChI is InChI=1S/C30H29F5N6O/c1-18-4-3-9-37-29(23(16-36)28(18)42-25-15-24(31)27-22(26(25)32)14-19(2)38-27)39-20-5-7-21(8-6-20)41-12-10-40(11-13-41)17-30(33,34)35/h3,5-9,14-15,18,38H,4,10-13,17H2,1-2H3,(H,37,39)/b9-3+,28-23+. The average molecular weight is 585 g/mol. The Morgan fingerprint density at radius 3 is 2.50 bits per heavy atom. The van der Waals surface area contributed by atoms with E-state index in [2.05, 4.69) is 21.4 Å². The Hall–Kier alpha value is -4.37. The number of anilines is 2. The van der Waals surface area contributed by atoms with Crippen LogP contribution in [0.5, 0.6) is 5.75 Å². The number of ether oxygens (including phenoxy) is 1. The smallest absolute Gasteiger partial charge is 0.401 e. The van der Waals surface area contributed by atoms with Crippen molar-refractivity contribution in [3.8, 4) is 11.8 Å². The van der Waals surface area contributed by atoms with Crippen molar-refractivity contribution in [3.05, 3.63) is 77.3 Å². The average Bonchev–Trinajstić information content (AvgIpc) is 3.35. The van der Waals surface area contributed by atoms with Gasteiger partial charge in [-0.3, -0.25) is 4.90 Å². The molecule has 42 heavy (non-hydrogen) atoms. The highest BCUT2D eigenvalue weighted by atomic mass is 19.4. The maximum atomic E-state index is 15.4. The van der Waals surface area contributed by atoms with Crippen LogP contribution in [0.15, 0.2) is 65.0 Å². The lowest BCUT2D eigenvalue weighted by Crippen LogP contribution is -2.49. The Labute approximate surface area is 239 Å². The Morgan fingerprint density at radius 1 is 1.12 bits per heavy atom. The van der Waals surface area contributed by atoms with Gasteiger partial charge in [-0.1, -0.05) is 13.0 Å². The molecule has 3 heterocycles. The second kappa shape index (κ2) is 11.9. The maximum absolute atomic E-state index is 15.4. The van der Waals surface area contributed by atoms with E-state index in [0.29, 0.717) is 44.0 Å². The number of hydrogen-bond donors (Lipinski definition) is 2. The topological polar surface area (TPSA) is 79.7 Å². The van der Waals surface area contributed by atoms with Crippen molar-refractivity contribution in [1.29, 1.82) is 5.26 Å². The molecule has 2 aliphatic heterocycles. The summed E-state index contributed by atoms with van der Waals surface area (Å²) < 4.78 is 74.2. The molecule has 0 radical (unpaired) electrons. The molecule has 2 N–H and O–H groups in total. The minimum atomic E-state index is -4.22. The number of benzene rings is 2. The van der Waals surface area contributed by atoms with E-state index in [1.807, 2.05) is 24.0 Å². The molecule has 220 valence electrons. The number of aromatic nitrogens is 1. The summed E-state index contributed by atoms with van der Waals surface area (Å²) in [6.07, 6.45) is -0.404. The first-order valence-corrected chi connectivity index (χ1v) is 13.5. The maximum Gasteiger partial charge on any atom is 0.401 e. The first-order chi connectivity index (χ1) is 20.0. The number of nitrogens with zero attached hydrogens (tertiary/aromatic N) is 4. The van der Waals surface area contributed by atoms with Gasteiger partial charge in [-0.15, -0.1) is 0 Å². The Balaban J connectivity index is 1.37. The fraction of sp³-hybridized carbons (Fsp3) is 0.333. The van der Waals surface area contributed by atoms with Crippen molar-refractivity contribution < 1.29 is 26.7 Å².